The molecule has 28 heavy (non-hydrogen) atoms. The molecule has 2 fully saturated rings. The van der Waals surface area contributed by atoms with Crippen molar-refractivity contribution in [3.8, 4) is 0 Å². The predicted molar refractivity (Wildman–Crippen MR) is 91.0 cm³/mol. The average molecular weight is 417 g/mol. The summed E-state index contributed by atoms with van der Waals surface area (Å²) in [6.07, 6.45) is 0.540. The minimum absolute atomic E-state index is 0.0232. The zero-order valence-corrected chi connectivity index (χ0v) is 15.4. The second-order valence-electron chi connectivity index (χ2n) is 7.43. The summed E-state index contributed by atoms with van der Waals surface area (Å²) >= 11 is 0. The number of nitrogens with zero attached hydrogens (tertiary/aromatic N) is 3. The van der Waals surface area contributed by atoms with Crippen LogP contribution in [-0.4, -0.2) is 76.0 Å². The van der Waals surface area contributed by atoms with E-state index in [2.05, 4.69) is 0 Å². The third kappa shape index (κ3) is 2.73. The maximum atomic E-state index is 13.1. The smallest absolute Gasteiger partial charge is 0.341 e. The van der Waals surface area contributed by atoms with E-state index in [1.165, 1.54) is 11.0 Å². The van der Waals surface area contributed by atoms with Gasteiger partial charge in [0.1, 0.15) is 16.0 Å². The lowest BCUT2D eigenvalue weighted by atomic mass is 10.1. The van der Waals surface area contributed by atoms with Crippen molar-refractivity contribution in [2.24, 2.45) is 0 Å². The van der Waals surface area contributed by atoms with Crippen LogP contribution < -0.4 is 5.56 Å². The normalized spacial score (nSPS) is 23.1. The standard InChI is InChI=1S/C16H17F2N3O6S/c17-16(18)8-20(9-16)28(26,27)15(3-4-15)7-19-5-6-21-11(13(19)23)2-1-10(12(21)22)14(24)25/h1-2H,3-9H2,(H,24,25). The van der Waals surface area contributed by atoms with E-state index in [1.54, 1.807) is 0 Å². The largest absolute Gasteiger partial charge is 0.477 e. The Bertz CT molecular complexity index is 1040. The molecule has 0 aromatic carbocycles. The lowest BCUT2D eigenvalue weighted by molar-refractivity contribution is -0.0950. The number of rotatable bonds is 5. The van der Waals surface area contributed by atoms with E-state index >= 15 is 0 Å². The summed E-state index contributed by atoms with van der Waals surface area (Å²) in [5, 5.41) is 9.02. The summed E-state index contributed by atoms with van der Waals surface area (Å²) in [6, 6.07) is 2.27. The maximum Gasteiger partial charge on any atom is 0.341 e. The minimum atomic E-state index is -3.97. The molecule has 1 aliphatic carbocycles. The Hall–Kier alpha value is -2.34. The molecular formula is C16H17F2N3O6S. The first-order chi connectivity index (χ1) is 13.0. The van der Waals surface area contributed by atoms with Gasteiger partial charge < -0.3 is 14.6 Å². The third-order valence-electron chi connectivity index (χ3n) is 5.49. The Morgan fingerprint density at radius 3 is 2.32 bits per heavy atom. The van der Waals surface area contributed by atoms with Crippen molar-refractivity contribution in [2.75, 3.05) is 26.2 Å². The van der Waals surface area contributed by atoms with Gasteiger partial charge in [-0.05, 0) is 25.0 Å². The number of fused-ring (bicyclic) bond motifs is 1. The van der Waals surface area contributed by atoms with Crippen molar-refractivity contribution in [1.82, 2.24) is 13.8 Å². The van der Waals surface area contributed by atoms with E-state index in [1.807, 2.05) is 0 Å². The molecule has 3 heterocycles. The SMILES string of the molecule is O=C(O)c1ccc2n(c1=O)CCN(CC1(S(=O)(=O)N3CC(F)(F)C3)CC1)C2=O. The van der Waals surface area contributed by atoms with E-state index in [4.69, 9.17) is 5.11 Å². The quantitative estimate of drug-likeness (QED) is 0.710. The molecule has 4 rings (SSSR count). The number of carboxylic acid groups (broad SMARTS) is 1. The summed E-state index contributed by atoms with van der Waals surface area (Å²) in [6.45, 7) is -1.78. The van der Waals surface area contributed by atoms with Gasteiger partial charge in [-0.15, -0.1) is 0 Å². The second kappa shape index (κ2) is 5.83. The number of pyridine rings is 1. The van der Waals surface area contributed by atoms with E-state index in [9.17, 15) is 31.6 Å². The van der Waals surface area contributed by atoms with Crippen LogP contribution in [0.25, 0.3) is 0 Å². The molecule has 1 aromatic heterocycles. The first-order valence-electron chi connectivity index (χ1n) is 8.61. The molecule has 2 aliphatic heterocycles. The molecule has 0 atom stereocenters. The van der Waals surface area contributed by atoms with Gasteiger partial charge in [0.25, 0.3) is 17.4 Å². The van der Waals surface area contributed by atoms with Crippen molar-refractivity contribution in [3.63, 3.8) is 0 Å². The molecule has 152 valence electrons. The van der Waals surface area contributed by atoms with Crippen LogP contribution >= 0.6 is 0 Å². The third-order valence-corrected chi connectivity index (χ3v) is 8.06. The van der Waals surface area contributed by atoms with Crippen LogP contribution in [-0.2, 0) is 16.6 Å². The Labute approximate surface area is 158 Å². The second-order valence-corrected chi connectivity index (χ2v) is 9.77. The van der Waals surface area contributed by atoms with Crippen molar-refractivity contribution in [3.05, 3.63) is 33.7 Å². The molecule has 1 saturated heterocycles. The molecule has 0 bridgehead atoms. The molecule has 1 amide bonds. The van der Waals surface area contributed by atoms with Crippen LogP contribution in [0.5, 0.6) is 0 Å². The van der Waals surface area contributed by atoms with Crippen LogP contribution in [0.2, 0.25) is 0 Å². The fraction of sp³-hybridized carbons (Fsp3) is 0.562. The van der Waals surface area contributed by atoms with E-state index in [0.29, 0.717) is 0 Å². The number of halogens is 2. The molecule has 0 radical (unpaired) electrons. The van der Waals surface area contributed by atoms with E-state index in [0.717, 1.165) is 14.9 Å². The number of hydrogen-bond donors (Lipinski definition) is 1. The highest BCUT2D eigenvalue weighted by Gasteiger charge is 2.62. The van der Waals surface area contributed by atoms with Crippen LogP contribution in [0, 0.1) is 0 Å². The Morgan fingerprint density at radius 2 is 1.79 bits per heavy atom. The number of aromatic carboxylic acids is 1. The van der Waals surface area contributed by atoms with Crippen LogP contribution in [0.1, 0.15) is 33.7 Å². The van der Waals surface area contributed by atoms with Crippen LogP contribution in [0.3, 0.4) is 0 Å². The van der Waals surface area contributed by atoms with Gasteiger partial charge in [-0.1, -0.05) is 0 Å². The topological polar surface area (TPSA) is 117 Å². The van der Waals surface area contributed by atoms with Gasteiger partial charge >= 0.3 is 5.97 Å². The number of carbonyl (C=O) groups excluding carboxylic acids is 1. The molecule has 9 nitrogen and oxygen atoms in total. The molecule has 3 aliphatic rings. The van der Waals surface area contributed by atoms with Gasteiger partial charge in [0.15, 0.2) is 0 Å². The lowest BCUT2D eigenvalue weighted by Crippen LogP contribution is -2.62. The number of carboxylic acids is 1. The highest BCUT2D eigenvalue weighted by atomic mass is 32.2. The van der Waals surface area contributed by atoms with Crippen molar-refractivity contribution < 1.29 is 31.9 Å². The number of hydrogen-bond acceptors (Lipinski definition) is 5. The molecule has 12 heteroatoms. The van der Waals surface area contributed by atoms with Gasteiger partial charge in [-0.3, -0.25) is 9.59 Å². The van der Waals surface area contributed by atoms with Gasteiger partial charge in [0.2, 0.25) is 10.0 Å². The first kappa shape index (κ1) is 19.0. The average Bonchev–Trinajstić information content (AvgIpc) is 3.37. The highest BCUT2D eigenvalue weighted by Crippen LogP contribution is 2.48. The Kier molecular flexibility index (Phi) is 3.96. The zero-order valence-electron chi connectivity index (χ0n) is 14.6. The summed E-state index contributed by atoms with van der Waals surface area (Å²) in [5.41, 5.74) is -1.27. The first-order valence-corrected chi connectivity index (χ1v) is 10.1. The fourth-order valence-electron chi connectivity index (χ4n) is 3.68. The predicted octanol–water partition coefficient (Wildman–Crippen LogP) is -0.184. The monoisotopic (exact) mass is 417 g/mol. The molecule has 0 spiro atoms. The summed E-state index contributed by atoms with van der Waals surface area (Å²) in [5.74, 6) is -5.01. The Balaban J connectivity index is 1.56. The van der Waals surface area contributed by atoms with Crippen LogP contribution in [0.15, 0.2) is 16.9 Å². The lowest BCUT2D eigenvalue weighted by Gasteiger charge is -2.41. The van der Waals surface area contributed by atoms with Gasteiger partial charge in [-0.25, -0.2) is 22.0 Å². The number of alkyl halides is 2. The number of amides is 1. The Morgan fingerprint density at radius 1 is 1.14 bits per heavy atom. The summed E-state index contributed by atoms with van der Waals surface area (Å²) in [4.78, 5) is 37.3. The number of carbonyl (C=O) groups is 2. The fourth-order valence-corrected chi connectivity index (χ4v) is 5.89. The number of sulfonamides is 1. The number of aromatic nitrogens is 1. The van der Waals surface area contributed by atoms with Crippen molar-refractivity contribution in [1.29, 1.82) is 0 Å². The van der Waals surface area contributed by atoms with Crippen LogP contribution in [0.4, 0.5) is 8.78 Å². The molecule has 1 aromatic rings. The maximum absolute atomic E-state index is 13.1. The zero-order chi connectivity index (χ0) is 20.5. The minimum Gasteiger partial charge on any atom is -0.477 e. The molecular weight excluding hydrogens is 400 g/mol. The van der Waals surface area contributed by atoms with Crippen molar-refractivity contribution >= 4 is 21.9 Å². The summed E-state index contributed by atoms with van der Waals surface area (Å²) < 4.78 is 52.2. The van der Waals surface area contributed by atoms with Gasteiger partial charge in [0.05, 0.1) is 13.1 Å². The van der Waals surface area contributed by atoms with E-state index < -0.39 is 56.8 Å². The summed E-state index contributed by atoms with van der Waals surface area (Å²) in [7, 11) is -3.97. The van der Waals surface area contributed by atoms with E-state index in [-0.39, 0.29) is 38.2 Å². The molecule has 1 saturated carbocycles. The van der Waals surface area contributed by atoms with Crippen molar-refractivity contribution in [2.45, 2.75) is 30.1 Å². The van der Waals surface area contributed by atoms with Gasteiger partial charge in [0, 0.05) is 19.6 Å². The molecule has 1 N–H and O–H groups in total. The van der Waals surface area contributed by atoms with Gasteiger partial charge in [-0.2, -0.15) is 4.31 Å². The highest BCUT2D eigenvalue weighted by molar-refractivity contribution is 7.90. The molecule has 0 unspecified atom stereocenters.